The Kier molecular flexibility index (Phi) is 6.44. The molecule has 1 aromatic heterocycles. The van der Waals surface area contributed by atoms with Gasteiger partial charge in [-0.2, -0.15) is 0 Å². The summed E-state index contributed by atoms with van der Waals surface area (Å²) in [5.74, 6) is -0.907. The normalized spacial score (nSPS) is 13.4. The smallest absolute Gasteiger partial charge is 0.257 e. The van der Waals surface area contributed by atoms with Gasteiger partial charge in [-0.05, 0) is 43.8 Å². The van der Waals surface area contributed by atoms with E-state index < -0.39 is 29.5 Å². The highest BCUT2D eigenvalue weighted by atomic mass is 16.2. The van der Waals surface area contributed by atoms with E-state index in [9.17, 15) is 14.4 Å². The Labute approximate surface area is 146 Å². The minimum absolute atomic E-state index is 0.411. The Bertz CT molecular complexity index is 815. The highest BCUT2D eigenvalue weighted by molar-refractivity contribution is 5.96. The number of carbonyl (C=O) groups excluding carboxylic acids is 2. The van der Waals surface area contributed by atoms with Gasteiger partial charge in [-0.25, -0.2) is 4.57 Å². The molecule has 0 saturated heterocycles. The van der Waals surface area contributed by atoms with Gasteiger partial charge in [0.25, 0.3) is 11.5 Å². The van der Waals surface area contributed by atoms with Gasteiger partial charge >= 0.3 is 0 Å². The van der Waals surface area contributed by atoms with Crippen molar-refractivity contribution < 1.29 is 9.59 Å². The summed E-state index contributed by atoms with van der Waals surface area (Å²) < 4.78 is 1.08. The monoisotopic (exact) mass is 344 g/mol. The van der Waals surface area contributed by atoms with Crippen LogP contribution in [-0.4, -0.2) is 35.0 Å². The molecule has 7 nitrogen and oxygen atoms in total. The van der Waals surface area contributed by atoms with Gasteiger partial charge in [-0.3, -0.25) is 14.4 Å². The Morgan fingerprint density at radius 1 is 1.16 bits per heavy atom. The molecule has 0 fully saturated rings. The summed E-state index contributed by atoms with van der Waals surface area (Å²) in [7, 11) is 0. The van der Waals surface area contributed by atoms with Gasteiger partial charge in [-0.15, -0.1) is 0 Å². The molecule has 0 saturated carbocycles. The SMILES string of the molecule is C[C@@H](NC(=O)[C@@H](N)CCCCN)C(=O)n1c(=O)ccc2ccccc21. The van der Waals surface area contributed by atoms with Gasteiger partial charge in [0.2, 0.25) is 5.91 Å². The molecule has 0 aliphatic heterocycles. The van der Waals surface area contributed by atoms with E-state index in [0.717, 1.165) is 22.8 Å². The number of benzene rings is 1. The largest absolute Gasteiger partial charge is 0.343 e. The number of aromatic nitrogens is 1. The van der Waals surface area contributed by atoms with Crippen molar-refractivity contribution in [3.8, 4) is 0 Å². The molecular formula is C18H24N4O3. The fraction of sp³-hybridized carbons (Fsp3) is 0.389. The number of hydrogen-bond acceptors (Lipinski definition) is 5. The Hall–Kier alpha value is -2.51. The third-order valence-corrected chi connectivity index (χ3v) is 4.06. The van der Waals surface area contributed by atoms with Crippen molar-refractivity contribution in [2.24, 2.45) is 11.5 Å². The summed E-state index contributed by atoms with van der Waals surface area (Å²) in [5, 5.41) is 3.36. The minimum Gasteiger partial charge on any atom is -0.343 e. The van der Waals surface area contributed by atoms with Crippen molar-refractivity contribution in [3.63, 3.8) is 0 Å². The number of carbonyl (C=O) groups is 2. The maximum atomic E-state index is 12.7. The van der Waals surface area contributed by atoms with E-state index in [0.29, 0.717) is 18.5 Å². The fourth-order valence-electron chi connectivity index (χ4n) is 2.63. The minimum atomic E-state index is -0.864. The standard InChI is InChI=1S/C18H24N4O3/c1-12(21-17(24)14(20)7-4-5-11-19)18(25)22-15-8-3-2-6-13(15)9-10-16(22)23/h2-3,6,8-10,12,14H,4-5,7,11,19-20H2,1H3,(H,21,24)/t12-,14+/m1/s1. The lowest BCUT2D eigenvalue weighted by Gasteiger charge is -2.18. The van der Waals surface area contributed by atoms with Crippen LogP contribution in [0.3, 0.4) is 0 Å². The van der Waals surface area contributed by atoms with E-state index >= 15 is 0 Å². The number of nitrogens with one attached hydrogen (secondary N) is 1. The van der Waals surface area contributed by atoms with Crippen LogP contribution in [-0.2, 0) is 4.79 Å². The quantitative estimate of drug-likeness (QED) is 0.635. The molecule has 0 radical (unpaired) electrons. The fourth-order valence-corrected chi connectivity index (χ4v) is 2.63. The van der Waals surface area contributed by atoms with E-state index in [4.69, 9.17) is 11.5 Å². The lowest BCUT2D eigenvalue weighted by atomic mass is 10.1. The number of hydrogen-bond donors (Lipinski definition) is 3. The van der Waals surface area contributed by atoms with Crippen molar-refractivity contribution in [2.75, 3.05) is 6.54 Å². The molecular weight excluding hydrogens is 320 g/mol. The van der Waals surface area contributed by atoms with Gasteiger partial charge < -0.3 is 16.8 Å². The van der Waals surface area contributed by atoms with Gasteiger partial charge in [0.15, 0.2) is 0 Å². The predicted octanol–water partition coefficient (Wildman–Crippen LogP) is 0.603. The second-order valence-corrected chi connectivity index (χ2v) is 6.03. The van der Waals surface area contributed by atoms with E-state index in [-0.39, 0.29) is 0 Å². The average molecular weight is 344 g/mol. The molecule has 1 aromatic carbocycles. The molecule has 0 aliphatic rings. The van der Waals surface area contributed by atoms with Crippen LogP contribution in [0.5, 0.6) is 0 Å². The summed E-state index contributed by atoms with van der Waals surface area (Å²) >= 11 is 0. The topological polar surface area (TPSA) is 120 Å². The lowest BCUT2D eigenvalue weighted by molar-refractivity contribution is -0.122. The molecule has 134 valence electrons. The second-order valence-electron chi connectivity index (χ2n) is 6.03. The average Bonchev–Trinajstić information content (AvgIpc) is 2.61. The molecule has 2 rings (SSSR count). The molecule has 2 aromatic rings. The summed E-state index contributed by atoms with van der Waals surface area (Å²) in [6.45, 7) is 2.09. The summed E-state index contributed by atoms with van der Waals surface area (Å²) in [6.07, 6.45) is 2.04. The summed E-state index contributed by atoms with van der Waals surface area (Å²) in [5.41, 5.74) is 11.3. The van der Waals surface area contributed by atoms with E-state index in [2.05, 4.69) is 5.32 Å². The van der Waals surface area contributed by atoms with Crippen LogP contribution in [0.25, 0.3) is 10.9 Å². The molecule has 7 heteroatoms. The third-order valence-electron chi connectivity index (χ3n) is 4.06. The Morgan fingerprint density at radius 3 is 2.60 bits per heavy atom. The van der Waals surface area contributed by atoms with Crippen molar-refractivity contribution in [2.45, 2.75) is 38.3 Å². The number of nitrogens with zero attached hydrogens (tertiary/aromatic N) is 1. The number of unbranched alkanes of at least 4 members (excludes halogenated alkanes) is 1. The Morgan fingerprint density at radius 2 is 1.88 bits per heavy atom. The van der Waals surface area contributed by atoms with Gasteiger partial charge in [0, 0.05) is 6.07 Å². The molecule has 1 amide bonds. The Balaban J connectivity index is 2.14. The maximum Gasteiger partial charge on any atom is 0.257 e. The van der Waals surface area contributed by atoms with Crippen LogP contribution in [0.2, 0.25) is 0 Å². The number of nitrogens with two attached hydrogens (primary N) is 2. The molecule has 1 heterocycles. The van der Waals surface area contributed by atoms with Crippen LogP contribution >= 0.6 is 0 Å². The number of rotatable bonds is 7. The van der Waals surface area contributed by atoms with Crippen LogP contribution in [0.4, 0.5) is 0 Å². The molecule has 5 N–H and O–H groups in total. The molecule has 0 spiro atoms. The molecule has 0 unspecified atom stereocenters. The summed E-state index contributed by atoms with van der Waals surface area (Å²) in [6, 6.07) is 8.53. The van der Waals surface area contributed by atoms with Gasteiger partial charge in [0.1, 0.15) is 6.04 Å². The zero-order valence-corrected chi connectivity index (χ0v) is 14.3. The molecule has 2 atom stereocenters. The first-order chi connectivity index (χ1) is 12.0. The maximum absolute atomic E-state index is 12.7. The van der Waals surface area contributed by atoms with Gasteiger partial charge in [-0.1, -0.05) is 24.6 Å². The van der Waals surface area contributed by atoms with Crippen molar-refractivity contribution in [3.05, 3.63) is 46.8 Å². The first kappa shape index (κ1) is 18.8. The van der Waals surface area contributed by atoms with E-state index in [1.807, 2.05) is 12.1 Å². The number of amides is 1. The predicted molar refractivity (Wildman–Crippen MR) is 97.3 cm³/mol. The first-order valence-corrected chi connectivity index (χ1v) is 8.36. The van der Waals surface area contributed by atoms with Crippen LogP contribution in [0.1, 0.15) is 31.0 Å². The van der Waals surface area contributed by atoms with Crippen molar-refractivity contribution >= 4 is 22.7 Å². The highest BCUT2D eigenvalue weighted by Gasteiger charge is 2.22. The summed E-state index contributed by atoms with van der Waals surface area (Å²) in [4.78, 5) is 37.0. The van der Waals surface area contributed by atoms with Crippen LogP contribution in [0, 0.1) is 0 Å². The van der Waals surface area contributed by atoms with E-state index in [1.54, 1.807) is 25.1 Å². The lowest BCUT2D eigenvalue weighted by Crippen LogP contribution is -2.49. The van der Waals surface area contributed by atoms with Crippen LogP contribution < -0.4 is 22.3 Å². The first-order valence-electron chi connectivity index (χ1n) is 8.36. The van der Waals surface area contributed by atoms with E-state index in [1.165, 1.54) is 6.07 Å². The van der Waals surface area contributed by atoms with Crippen LogP contribution in [0.15, 0.2) is 41.2 Å². The molecule has 0 aliphatic carbocycles. The molecule has 25 heavy (non-hydrogen) atoms. The zero-order chi connectivity index (χ0) is 18.4. The zero-order valence-electron chi connectivity index (χ0n) is 14.3. The second kappa shape index (κ2) is 8.55. The van der Waals surface area contributed by atoms with Crippen molar-refractivity contribution in [1.82, 2.24) is 9.88 Å². The number of fused-ring (bicyclic) bond motifs is 1. The number of pyridine rings is 1. The highest BCUT2D eigenvalue weighted by Crippen LogP contribution is 2.11. The molecule has 0 bridgehead atoms. The van der Waals surface area contributed by atoms with Gasteiger partial charge in [0.05, 0.1) is 11.6 Å². The van der Waals surface area contributed by atoms with Crippen molar-refractivity contribution in [1.29, 1.82) is 0 Å². The third kappa shape index (κ3) is 4.52. The number of para-hydroxylation sites is 1.